The van der Waals surface area contributed by atoms with Gasteiger partial charge >= 0.3 is 0 Å². The summed E-state index contributed by atoms with van der Waals surface area (Å²) >= 11 is 0. The van der Waals surface area contributed by atoms with Crippen molar-refractivity contribution in [1.29, 1.82) is 0 Å². The maximum atomic E-state index is 4.48. The summed E-state index contributed by atoms with van der Waals surface area (Å²) in [6.45, 7) is 16.3. The molecule has 0 aromatic carbocycles. The average Bonchev–Trinajstić information content (AvgIpc) is 3.56. The molecule has 1 aliphatic rings. The quantitative estimate of drug-likeness (QED) is 0.377. The van der Waals surface area contributed by atoms with Crippen LogP contribution in [0.5, 0.6) is 0 Å². The lowest BCUT2D eigenvalue weighted by Gasteiger charge is -2.21. The fourth-order valence-electron chi connectivity index (χ4n) is 3.96. The zero-order valence-electron chi connectivity index (χ0n) is 22.9. The third-order valence-corrected chi connectivity index (χ3v) is 6.40. The normalized spacial score (nSPS) is 14.2. The number of hydrogen-bond acceptors (Lipinski definition) is 3. The van der Waals surface area contributed by atoms with Crippen molar-refractivity contribution in [3.63, 3.8) is 0 Å². The summed E-state index contributed by atoms with van der Waals surface area (Å²) in [5.74, 6) is 1.80. The highest BCUT2D eigenvalue weighted by Gasteiger charge is 2.16. The third kappa shape index (κ3) is 9.11. The number of aryl methyl sites for hydroxylation is 2. The largest absolute Gasteiger partial charge is 0.276 e. The Kier molecular flexibility index (Phi) is 11.6. The second kappa shape index (κ2) is 14.1. The molecule has 6 heteroatoms. The fraction of sp³-hybridized carbons (Fsp3) is 0.679. The Labute approximate surface area is 207 Å². The van der Waals surface area contributed by atoms with E-state index in [4.69, 9.17) is 0 Å². The molecule has 4 rings (SSSR count). The Morgan fingerprint density at radius 2 is 1.26 bits per heavy atom. The van der Waals surface area contributed by atoms with Crippen LogP contribution in [0.4, 0.5) is 0 Å². The van der Waals surface area contributed by atoms with Gasteiger partial charge in [-0.05, 0) is 53.7 Å². The topological polar surface area (TPSA) is 53.5 Å². The third-order valence-electron chi connectivity index (χ3n) is 6.40. The molecule has 3 aromatic rings. The maximum Gasteiger partial charge on any atom is 0.0524 e. The van der Waals surface area contributed by atoms with Crippen LogP contribution >= 0.6 is 0 Å². The van der Waals surface area contributed by atoms with E-state index in [9.17, 15) is 0 Å². The summed E-state index contributed by atoms with van der Waals surface area (Å²) in [5.41, 5.74) is 4.01. The van der Waals surface area contributed by atoms with E-state index < -0.39 is 0 Å². The van der Waals surface area contributed by atoms with Gasteiger partial charge in [-0.1, -0.05) is 67.7 Å². The predicted octanol–water partition coefficient (Wildman–Crippen LogP) is 7.47. The summed E-state index contributed by atoms with van der Waals surface area (Å²) in [6.07, 6.45) is 20.3. The van der Waals surface area contributed by atoms with Crippen LogP contribution < -0.4 is 0 Å². The lowest BCUT2D eigenvalue weighted by Crippen LogP contribution is -2.12. The second-order valence-electron chi connectivity index (χ2n) is 10.5. The minimum Gasteiger partial charge on any atom is -0.276 e. The molecule has 3 heterocycles. The van der Waals surface area contributed by atoms with Gasteiger partial charge in [-0.3, -0.25) is 14.0 Å². The minimum atomic E-state index is 0.596. The van der Waals surface area contributed by atoms with Gasteiger partial charge in [0, 0.05) is 32.2 Å². The van der Waals surface area contributed by atoms with Crippen molar-refractivity contribution in [2.75, 3.05) is 0 Å². The molecule has 0 saturated heterocycles. The highest BCUT2D eigenvalue weighted by atomic mass is 15.3. The molecule has 6 nitrogen and oxygen atoms in total. The first kappa shape index (κ1) is 27.9. The lowest BCUT2D eigenvalue weighted by atomic mass is 9.96. The van der Waals surface area contributed by atoms with E-state index in [2.05, 4.69) is 80.8 Å². The molecule has 0 radical (unpaired) electrons. The molecule has 1 fully saturated rings. The van der Waals surface area contributed by atoms with E-state index in [0.717, 1.165) is 13.0 Å². The molecule has 0 bridgehead atoms. The molecular formula is C28H48N6. The molecule has 0 aliphatic heterocycles. The van der Waals surface area contributed by atoms with E-state index in [-0.39, 0.29) is 0 Å². The van der Waals surface area contributed by atoms with Crippen molar-refractivity contribution < 1.29 is 0 Å². The zero-order chi connectivity index (χ0) is 25.1. The van der Waals surface area contributed by atoms with Crippen molar-refractivity contribution in [2.24, 2.45) is 7.05 Å². The van der Waals surface area contributed by atoms with E-state index in [0.29, 0.717) is 23.8 Å². The van der Waals surface area contributed by atoms with Crippen LogP contribution in [0.15, 0.2) is 37.2 Å². The summed E-state index contributed by atoms with van der Waals surface area (Å²) in [7, 11) is 1.94. The molecule has 0 atom stereocenters. The van der Waals surface area contributed by atoms with E-state index in [1.165, 1.54) is 48.8 Å². The van der Waals surface area contributed by atoms with Crippen LogP contribution in [0, 0.1) is 0 Å². The van der Waals surface area contributed by atoms with Crippen molar-refractivity contribution in [1.82, 2.24) is 29.3 Å². The summed E-state index contributed by atoms with van der Waals surface area (Å²) in [4.78, 5) is 0. The van der Waals surface area contributed by atoms with E-state index >= 15 is 0 Å². The van der Waals surface area contributed by atoms with Crippen LogP contribution in [-0.4, -0.2) is 29.3 Å². The number of nitrogens with zero attached hydrogens (tertiary/aromatic N) is 6. The smallest absolute Gasteiger partial charge is 0.0524 e. The standard InChI is InChI=1S/C12H20N2.C9H16N2.C7H12N2/c1-10(2)11-8-13-14(9-11)12-6-4-3-5-7-12;1-4-5-11-7-9(6-10-11)8(2)3;1-6(2)7-4-8-9(3)5-7/h8-10,12H,3-7H2,1-2H3;6-8H,4-5H2,1-3H3;4-6H,1-3H3. The van der Waals surface area contributed by atoms with Crippen molar-refractivity contribution in [3.05, 3.63) is 53.9 Å². The molecule has 0 spiro atoms. The van der Waals surface area contributed by atoms with Crippen molar-refractivity contribution >= 4 is 0 Å². The van der Waals surface area contributed by atoms with E-state index in [1.54, 1.807) is 0 Å². The lowest BCUT2D eigenvalue weighted by molar-refractivity contribution is 0.329. The maximum absolute atomic E-state index is 4.48. The molecule has 1 saturated carbocycles. The first-order valence-electron chi connectivity index (χ1n) is 13.3. The fourth-order valence-corrected chi connectivity index (χ4v) is 3.96. The Morgan fingerprint density at radius 1 is 0.735 bits per heavy atom. The molecule has 0 unspecified atom stereocenters. The van der Waals surface area contributed by atoms with Crippen LogP contribution in [0.2, 0.25) is 0 Å². The van der Waals surface area contributed by atoms with Crippen LogP contribution in [0.25, 0.3) is 0 Å². The second-order valence-corrected chi connectivity index (χ2v) is 10.5. The highest BCUT2D eigenvalue weighted by Crippen LogP contribution is 2.28. The Hall–Kier alpha value is -2.37. The van der Waals surface area contributed by atoms with Gasteiger partial charge in [0.05, 0.1) is 24.6 Å². The van der Waals surface area contributed by atoms with Crippen molar-refractivity contribution in [3.8, 4) is 0 Å². The average molecular weight is 469 g/mol. The first-order valence-corrected chi connectivity index (χ1v) is 13.3. The Balaban J connectivity index is 0.000000185. The SMILES string of the molecule is CC(C)c1cnn(C)c1.CC(C)c1cnn(C2CCCCC2)c1.CCCn1cc(C(C)C)cn1. The van der Waals surface area contributed by atoms with Gasteiger partial charge in [0.25, 0.3) is 0 Å². The van der Waals surface area contributed by atoms with Gasteiger partial charge in [0.1, 0.15) is 0 Å². The first-order chi connectivity index (χ1) is 16.2. The molecule has 1 aliphatic carbocycles. The molecule has 34 heavy (non-hydrogen) atoms. The number of rotatable bonds is 6. The van der Waals surface area contributed by atoms with Crippen LogP contribution in [0.3, 0.4) is 0 Å². The molecule has 190 valence electrons. The molecule has 0 amide bonds. The minimum absolute atomic E-state index is 0.596. The van der Waals surface area contributed by atoms with Crippen LogP contribution in [-0.2, 0) is 13.6 Å². The summed E-state index contributed by atoms with van der Waals surface area (Å²) in [6, 6.07) is 0.677. The summed E-state index contributed by atoms with van der Waals surface area (Å²) in [5, 5.41) is 12.8. The summed E-state index contributed by atoms with van der Waals surface area (Å²) < 4.78 is 6.03. The van der Waals surface area contributed by atoms with Gasteiger partial charge in [0.15, 0.2) is 0 Å². The van der Waals surface area contributed by atoms with Crippen LogP contribution in [0.1, 0.15) is 127 Å². The van der Waals surface area contributed by atoms with Gasteiger partial charge in [-0.2, -0.15) is 15.3 Å². The van der Waals surface area contributed by atoms with Crippen molar-refractivity contribution in [2.45, 2.75) is 117 Å². The van der Waals surface area contributed by atoms with E-state index in [1.807, 2.05) is 41.2 Å². The van der Waals surface area contributed by atoms with Gasteiger partial charge in [-0.25, -0.2) is 0 Å². The Bertz CT molecular complexity index is 924. The zero-order valence-corrected chi connectivity index (χ0v) is 22.9. The monoisotopic (exact) mass is 468 g/mol. The molecule has 3 aromatic heterocycles. The predicted molar refractivity (Wildman–Crippen MR) is 142 cm³/mol. The number of hydrogen-bond donors (Lipinski definition) is 0. The molecular weight excluding hydrogens is 420 g/mol. The van der Waals surface area contributed by atoms with Gasteiger partial charge in [0.2, 0.25) is 0 Å². The molecule has 0 N–H and O–H groups in total. The Morgan fingerprint density at radius 3 is 1.71 bits per heavy atom. The highest BCUT2D eigenvalue weighted by molar-refractivity contribution is 5.10. The van der Waals surface area contributed by atoms with Gasteiger partial charge in [-0.15, -0.1) is 0 Å². The van der Waals surface area contributed by atoms with Gasteiger partial charge < -0.3 is 0 Å². The number of aromatic nitrogens is 6.